The Kier molecular flexibility index (Phi) is 7.34. The molecule has 1 heterocycles. The number of hydrogen-bond acceptors (Lipinski definition) is 7. The topological polar surface area (TPSA) is 109 Å². The molecule has 1 unspecified atom stereocenters. The van der Waals surface area contributed by atoms with Crippen LogP contribution in [0.2, 0.25) is 0 Å². The summed E-state index contributed by atoms with van der Waals surface area (Å²) >= 11 is 0. The zero-order valence-corrected chi connectivity index (χ0v) is 18.3. The van der Waals surface area contributed by atoms with E-state index in [1.807, 2.05) is 20.8 Å². The van der Waals surface area contributed by atoms with Crippen LogP contribution in [0.4, 0.5) is 5.69 Å². The van der Waals surface area contributed by atoms with Crippen molar-refractivity contribution < 1.29 is 41.3 Å². The van der Waals surface area contributed by atoms with E-state index in [0.717, 1.165) is 0 Å². The van der Waals surface area contributed by atoms with Crippen molar-refractivity contribution in [3.63, 3.8) is 0 Å². The van der Waals surface area contributed by atoms with Gasteiger partial charge in [-0.25, -0.2) is 0 Å². The average Bonchev–Trinajstić information content (AvgIpc) is 2.90. The second kappa shape index (κ2) is 9.20. The van der Waals surface area contributed by atoms with E-state index in [1.54, 1.807) is 18.2 Å². The van der Waals surface area contributed by atoms with Crippen molar-refractivity contribution in [1.29, 1.82) is 0 Å². The predicted octanol–water partition coefficient (Wildman–Crippen LogP) is 3.95. The Balaban J connectivity index is 0.00000320. The molecular weight excluding hydrogens is 438 g/mol. The maximum absolute atomic E-state index is 13.0. The maximum Gasteiger partial charge on any atom is 2.00 e. The van der Waals surface area contributed by atoms with Crippen LogP contribution in [0, 0.1) is 5.41 Å². The van der Waals surface area contributed by atoms with Gasteiger partial charge in [0, 0.05) is 20.0 Å². The first-order chi connectivity index (χ1) is 13.7. The Bertz CT molecular complexity index is 939. The molecule has 30 heavy (non-hydrogen) atoms. The second-order valence-corrected chi connectivity index (χ2v) is 8.13. The number of imide groups is 1. The number of methoxy groups -OCH3 is 1. The van der Waals surface area contributed by atoms with Gasteiger partial charge in [0.15, 0.2) is 11.5 Å². The summed E-state index contributed by atoms with van der Waals surface area (Å²) in [4.78, 5) is 39.3. The Morgan fingerprint density at radius 1 is 1.17 bits per heavy atom. The van der Waals surface area contributed by atoms with Crippen molar-refractivity contribution in [2.45, 2.75) is 46.1 Å². The molecule has 1 aliphatic carbocycles. The molecule has 0 spiro atoms. The molecule has 0 fully saturated rings. The van der Waals surface area contributed by atoms with Crippen molar-refractivity contribution in [3.8, 4) is 0 Å². The Morgan fingerprint density at radius 2 is 1.87 bits per heavy atom. The van der Waals surface area contributed by atoms with Crippen LogP contribution in [0.1, 0.15) is 60.7 Å². The number of carbonyl (C=O) groups excluding carboxylic acids is 3. The maximum atomic E-state index is 13.0. The quantitative estimate of drug-likeness (QED) is 0.391. The number of ether oxygens (including phenoxy) is 1. The van der Waals surface area contributed by atoms with Gasteiger partial charge < -0.3 is 9.84 Å². The summed E-state index contributed by atoms with van der Waals surface area (Å²) in [5.41, 5.74) is 0.151. The number of carbonyl (C=O) groups is 3. The molecular formula is C21H25CuN3O5+2. The molecule has 0 saturated carbocycles. The molecule has 1 radical (unpaired) electrons. The number of nitrogens with zero attached hydrogens (tertiary/aromatic N) is 3. The minimum absolute atomic E-state index is 0. The third-order valence-corrected chi connectivity index (χ3v) is 5.20. The number of amides is 2. The number of azo groups is 1. The summed E-state index contributed by atoms with van der Waals surface area (Å²) < 4.78 is 5.14. The number of fused-ring (bicyclic) bond motifs is 1. The van der Waals surface area contributed by atoms with Gasteiger partial charge in [0.1, 0.15) is 5.76 Å². The SMILES string of the molecule is CCC(COC)N1C(=O)c2cccc(N=NC3=C(O)CC(C)(C)CC3=O)c2C1=O.[Cu+2]. The first kappa shape index (κ1) is 23.9. The monoisotopic (exact) mass is 462 g/mol. The molecule has 0 aromatic heterocycles. The number of hydrogen-bond donors (Lipinski definition) is 1. The molecule has 9 heteroatoms. The molecule has 2 aliphatic rings. The minimum atomic E-state index is -0.460. The van der Waals surface area contributed by atoms with Crippen LogP contribution < -0.4 is 0 Å². The summed E-state index contributed by atoms with van der Waals surface area (Å²) in [5, 5.41) is 18.2. The van der Waals surface area contributed by atoms with E-state index in [1.165, 1.54) is 12.0 Å². The van der Waals surface area contributed by atoms with Gasteiger partial charge in [-0.15, -0.1) is 10.2 Å². The predicted molar refractivity (Wildman–Crippen MR) is 105 cm³/mol. The molecule has 163 valence electrons. The first-order valence-corrected chi connectivity index (χ1v) is 9.57. The third-order valence-electron chi connectivity index (χ3n) is 5.20. The summed E-state index contributed by atoms with van der Waals surface area (Å²) in [6, 6.07) is 4.35. The number of ketones is 1. The van der Waals surface area contributed by atoms with Crippen molar-refractivity contribution in [3.05, 3.63) is 40.8 Å². The van der Waals surface area contributed by atoms with Gasteiger partial charge in [0.05, 0.1) is 29.5 Å². The van der Waals surface area contributed by atoms with Gasteiger partial charge in [-0.2, -0.15) is 0 Å². The molecule has 0 saturated heterocycles. The Hall–Kier alpha value is -2.35. The van der Waals surface area contributed by atoms with E-state index in [0.29, 0.717) is 12.8 Å². The van der Waals surface area contributed by atoms with E-state index in [2.05, 4.69) is 10.2 Å². The van der Waals surface area contributed by atoms with Gasteiger partial charge in [-0.3, -0.25) is 19.3 Å². The van der Waals surface area contributed by atoms with E-state index in [-0.39, 0.29) is 75.6 Å². The van der Waals surface area contributed by atoms with Crippen LogP contribution in [-0.2, 0) is 26.6 Å². The molecule has 1 aliphatic heterocycles. The standard InChI is InChI=1S/C21H25N3O5.Cu/c1-5-12(11-29-4)24-19(27)13-7-6-8-14(17(13)20(24)28)22-23-18-15(25)9-21(2,3)10-16(18)26;/h6-8,12,25H,5,9-11H2,1-4H3;/q;+2. The number of rotatable bonds is 6. The van der Waals surface area contributed by atoms with Crippen molar-refractivity contribution in [2.24, 2.45) is 15.6 Å². The third kappa shape index (κ3) is 4.38. The molecule has 0 bridgehead atoms. The van der Waals surface area contributed by atoms with Crippen molar-refractivity contribution >= 4 is 23.3 Å². The average molecular weight is 463 g/mol. The number of benzene rings is 1. The molecule has 1 aromatic rings. The fourth-order valence-electron chi connectivity index (χ4n) is 3.76. The van der Waals surface area contributed by atoms with Crippen LogP contribution in [0.5, 0.6) is 0 Å². The zero-order chi connectivity index (χ0) is 21.3. The minimum Gasteiger partial charge on any atom is -0.510 e. The van der Waals surface area contributed by atoms with Crippen LogP contribution in [0.25, 0.3) is 0 Å². The number of aliphatic hydroxyl groups is 1. The fraction of sp³-hybridized carbons (Fsp3) is 0.476. The number of aliphatic hydroxyl groups excluding tert-OH is 1. The summed E-state index contributed by atoms with van der Waals surface area (Å²) in [5.74, 6) is -1.27. The summed E-state index contributed by atoms with van der Waals surface area (Å²) in [7, 11) is 1.52. The molecule has 1 N–H and O–H groups in total. The molecule has 1 aromatic carbocycles. The normalized spacial score (nSPS) is 19.3. The number of Topliss-reactive ketones (excluding diaryl/α,β-unsaturated/α-hetero) is 1. The van der Waals surface area contributed by atoms with E-state index >= 15 is 0 Å². The Morgan fingerprint density at radius 3 is 2.47 bits per heavy atom. The molecule has 8 nitrogen and oxygen atoms in total. The van der Waals surface area contributed by atoms with Gasteiger partial charge in [-0.1, -0.05) is 26.8 Å². The zero-order valence-electron chi connectivity index (χ0n) is 17.4. The smallest absolute Gasteiger partial charge is 0.510 e. The molecule has 3 rings (SSSR count). The number of allylic oxidation sites excluding steroid dienone is 2. The van der Waals surface area contributed by atoms with Gasteiger partial charge in [0.25, 0.3) is 11.8 Å². The van der Waals surface area contributed by atoms with E-state index in [4.69, 9.17) is 4.74 Å². The summed E-state index contributed by atoms with van der Waals surface area (Å²) in [6.07, 6.45) is 1.13. The molecule has 1 atom stereocenters. The molecule has 2 amide bonds. The largest absolute Gasteiger partial charge is 2.00 e. The fourth-order valence-corrected chi connectivity index (χ4v) is 3.76. The second-order valence-electron chi connectivity index (χ2n) is 8.13. The van der Waals surface area contributed by atoms with Crippen LogP contribution in [0.3, 0.4) is 0 Å². The van der Waals surface area contributed by atoms with Crippen LogP contribution in [0.15, 0.2) is 39.9 Å². The van der Waals surface area contributed by atoms with Gasteiger partial charge in [0.2, 0.25) is 0 Å². The van der Waals surface area contributed by atoms with Crippen molar-refractivity contribution in [2.75, 3.05) is 13.7 Å². The van der Waals surface area contributed by atoms with E-state index in [9.17, 15) is 19.5 Å². The van der Waals surface area contributed by atoms with Gasteiger partial charge in [-0.05, 0) is 24.0 Å². The first-order valence-electron chi connectivity index (χ1n) is 9.57. The van der Waals surface area contributed by atoms with Crippen LogP contribution >= 0.6 is 0 Å². The Labute approximate surface area is 185 Å². The van der Waals surface area contributed by atoms with Crippen molar-refractivity contribution in [1.82, 2.24) is 4.90 Å². The summed E-state index contributed by atoms with van der Waals surface area (Å²) in [6.45, 7) is 5.90. The van der Waals surface area contributed by atoms with Crippen LogP contribution in [-0.4, -0.2) is 47.4 Å². The van der Waals surface area contributed by atoms with E-state index < -0.39 is 11.8 Å². The van der Waals surface area contributed by atoms with Gasteiger partial charge >= 0.3 is 17.1 Å².